The molecule has 1 aromatic heterocycles. The Labute approximate surface area is 82.7 Å². The molecular weight excluding hydrogens is 178 g/mol. The second kappa shape index (κ2) is 4.20. The van der Waals surface area contributed by atoms with Crippen LogP contribution < -0.4 is 5.32 Å². The van der Waals surface area contributed by atoms with Gasteiger partial charge in [0.05, 0.1) is 0 Å². The lowest BCUT2D eigenvalue weighted by Gasteiger charge is -2.01. The van der Waals surface area contributed by atoms with Crippen molar-refractivity contribution in [1.29, 1.82) is 5.26 Å². The van der Waals surface area contributed by atoms with Crippen molar-refractivity contribution in [3.8, 4) is 6.07 Å². The fourth-order valence-corrected chi connectivity index (χ4v) is 1.29. The Morgan fingerprint density at radius 3 is 3.14 bits per heavy atom. The summed E-state index contributed by atoms with van der Waals surface area (Å²) in [5, 5.41) is 15.9. The maximum absolute atomic E-state index is 8.50. The highest BCUT2D eigenvalue weighted by Gasteiger charge is 2.19. The van der Waals surface area contributed by atoms with Crippen LogP contribution in [-0.2, 0) is 6.54 Å². The lowest BCUT2D eigenvalue weighted by atomic mass is 10.4. The summed E-state index contributed by atoms with van der Waals surface area (Å²) in [5.74, 6) is 0.250. The lowest BCUT2D eigenvalue weighted by molar-refractivity contribution is 0.540. The minimum atomic E-state index is 0.250. The summed E-state index contributed by atoms with van der Waals surface area (Å²) in [6, 6.07) is 2.67. The van der Waals surface area contributed by atoms with Crippen LogP contribution in [0.25, 0.3) is 0 Å². The Morgan fingerprint density at radius 2 is 2.50 bits per heavy atom. The number of hydrogen-bond acceptors (Lipinski definition) is 4. The Balaban J connectivity index is 1.66. The largest absolute Gasteiger partial charge is 0.314 e. The van der Waals surface area contributed by atoms with Gasteiger partial charge in [-0.25, -0.2) is 4.98 Å². The molecule has 0 aromatic carbocycles. The Morgan fingerprint density at radius 1 is 1.64 bits per heavy atom. The van der Waals surface area contributed by atoms with Gasteiger partial charge in [0.25, 0.3) is 5.82 Å². The molecular formula is C9H13N5. The van der Waals surface area contributed by atoms with Crippen molar-refractivity contribution in [2.24, 2.45) is 0 Å². The number of nitrogens with one attached hydrogen (secondary N) is 1. The molecule has 1 fully saturated rings. The Hall–Kier alpha value is -1.41. The summed E-state index contributed by atoms with van der Waals surface area (Å²) in [6.45, 7) is 1.85. The van der Waals surface area contributed by atoms with Gasteiger partial charge in [0.15, 0.2) is 0 Å². The van der Waals surface area contributed by atoms with Crippen molar-refractivity contribution >= 4 is 0 Å². The van der Waals surface area contributed by atoms with Crippen LogP contribution in [0, 0.1) is 11.3 Å². The van der Waals surface area contributed by atoms with Crippen LogP contribution in [0.1, 0.15) is 25.1 Å². The molecule has 0 unspecified atom stereocenters. The van der Waals surface area contributed by atoms with Crippen molar-refractivity contribution in [2.75, 3.05) is 6.54 Å². The number of aromatic nitrogens is 3. The van der Waals surface area contributed by atoms with Crippen LogP contribution in [0.2, 0.25) is 0 Å². The number of nitriles is 1. The fourth-order valence-electron chi connectivity index (χ4n) is 1.29. The molecule has 1 aliphatic rings. The van der Waals surface area contributed by atoms with Gasteiger partial charge in [0.1, 0.15) is 12.4 Å². The van der Waals surface area contributed by atoms with Gasteiger partial charge in [-0.15, -0.1) is 5.10 Å². The highest BCUT2D eigenvalue weighted by atomic mass is 15.3. The monoisotopic (exact) mass is 191 g/mol. The van der Waals surface area contributed by atoms with E-state index in [2.05, 4.69) is 15.4 Å². The highest BCUT2D eigenvalue weighted by Crippen LogP contribution is 2.18. The molecule has 1 N–H and O–H groups in total. The molecule has 0 aliphatic heterocycles. The van der Waals surface area contributed by atoms with Crippen LogP contribution in [0.3, 0.4) is 0 Å². The summed E-state index contributed by atoms with van der Waals surface area (Å²) < 4.78 is 1.72. The first-order valence-electron chi connectivity index (χ1n) is 4.91. The molecule has 74 valence electrons. The number of hydrogen-bond donors (Lipinski definition) is 1. The van der Waals surface area contributed by atoms with Crippen LogP contribution in [-0.4, -0.2) is 27.4 Å². The lowest BCUT2D eigenvalue weighted by Crippen LogP contribution is -2.19. The van der Waals surface area contributed by atoms with E-state index < -0.39 is 0 Å². The zero-order chi connectivity index (χ0) is 9.80. The molecule has 0 bridgehead atoms. The molecule has 5 heteroatoms. The molecule has 0 amide bonds. The molecule has 0 saturated heterocycles. The van der Waals surface area contributed by atoms with Crippen LogP contribution in [0.5, 0.6) is 0 Å². The third kappa shape index (κ3) is 2.54. The molecule has 1 aliphatic carbocycles. The quantitative estimate of drug-likeness (QED) is 0.679. The maximum Gasteiger partial charge on any atom is 0.252 e. The van der Waals surface area contributed by atoms with Crippen LogP contribution >= 0.6 is 0 Å². The minimum absolute atomic E-state index is 0.250. The van der Waals surface area contributed by atoms with Gasteiger partial charge in [0.2, 0.25) is 0 Å². The van der Waals surface area contributed by atoms with Gasteiger partial charge >= 0.3 is 0 Å². The molecule has 14 heavy (non-hydrogen) atoms. The third-order valence-electron chi connectivity index (χ3n) is 2.21. The topological polar surface area (TPSA) is 66.5 Å². The Bertz CT molecular complexity index is 333. The molecule has 5 nitrogen and oxygen atoms in total. The van der Waals surface area contributed by atoms with E-state index >= 15 is 0 Å². The van der Waals surface area contributed by atoms with Crippen molar-refractivity contribution in [1.82, 2.24) is 20.1 Å². The first kappa shape index (κ1) is 9.16. The molecule has 1 heterocycles. The molecule has 0 radical (unpaired) electrons. The van der Waals surface area contributed by atoms with Gasteiger partial charge in [-0.1, -0.05) is 0 Å². The molecule has 1 aromatic rings. The summed E-state index contributed by atoms with van der Waals surface area (Å²) in [6.07, 6.45) is 5.28. The second-order valence-electron chi connectivity index (χ2n) is 3.53. The van der Waals surface area contributed by atoms with E-state index in [1.54, 1.807) is 11.0 Å². The summed E-state index contributed by atoms with van der Waals surface area (Å²) in [5.41, 5.74) is 0. The van der Waals surface area contributed by atoms with Crippen molar-refractivity contribution in [3.05, 3.63) is 12.2 Å². The number of nitrogens with zero attached hydrogens (tertiary/aromatic N) is 4. The van der Waals surface area contributed by atoms with E-state index in [9.17, 15) is 0 Å². The predicted octanol–water partition coefficient (Wildman–Crippen LogP) is 0.292. The molecule has 1 saturated carbocycles. The van der Waals surface area contributed by atoms with E-state index in [-0.39, 0.29) is 5.82 Å². The van der Waals surface area contributed by atoms with Gasteiger partial charge in [-0.2, -0.15) is 5.26 Å². The van der Waals surface area contributed by atoms with Crippen LogP contribution in [0.4, 0.5) is 0 Å². The molecule has 0 spiro atoms. The van der Waals surface area contributed by atoms with E-state index in [0.29, 0.717) is 0 Å². The summed E-state index contributed by atoms with van der Waals surface area (Å²) in [7, 11) is 0. The standard InChI is InChI=1S/C9H13N5/c10-6-9-12-7-14(13-9)5-1-4-11-8-2-3-8/h7-8,11H,1-5H2. The van der Waals surface area contributed by atoms with Crippen molar-refractivity contribution in [3.63, 3.8) is 0 Å². The van der Waals surface area contributed by atoms with E-state index in [4.69, 9.17) is 5.26 Å². The average molecular weight is 191 g/mol. The minimum Gasteiger partial charge on any atom is -0.314 e. The number of rotatable bonds is 5. The van der Waals surface area contributed by atoms with Crippen molar-refractivity contribution in [2.45, 2.75) is 31.8 Å². The van der Waals surface area contributed by atoms with Gasteiger partial charge in [-0.05, 0) is 25.8 Å². The number of aryl methyl sites for hydroxylation is 1. The Kier molecular flexibility index (Phi) is 2.75. The van der Waals surface area contributed by atoms with Crippen LogP contribution in [0.15, 0.2) is 6.33 Å². The zero-order valence-corrected chi connectivity index (χ0v) is 7.98. The smallest absolute Gasteiger partial charge is 0.252 e. The van der Waals surface area contributed by atoms with E-state index in [0.717, 1.165) is 25.6 Å². The van der Waals surface area contributed by atoms with Gasteiger partial charge < -0.3 is 5.32 Å². The first-order valence-corrected chi connectivity index (χ1v) is 4.91. The molecule has 2 rings (SSSR count). The summed E-state index contributed by atoms with van der Waals surface area (Å²) >= 11 is 0. The van der Waals surface area contributed by atoms with E-state index in [1.165, 1.54) is 12.8 Å². The SMILES string of the molecule is N#Cc1ncn(CCCNC2CC2)n1. The average Bonchev–Trinajstić information content (AvgIpc) is 2.91. The van der Waals surface area contributed by atoms with Crippen molar-refractivity contribution < 1.29 is 0 Å². The molecule has 0 atom stereocenters. The fraction of sp³-hybridized carbons (Fsp3) is 0.667. The maximum atomic E-state index is 8.50. The predicted molar refractivity (Wildman–Crippen MR) is 50.4 cm³/mol. The zero-order valence-electron chi connectivity index (χ0n) is 7.98. The third-order valence-corrected chi connectivity index (χ3v) is 2.21. The first-order chi connectivity index (χ1) is 6.88. The van der Waals surface area contributed by atoms with E-state index in [1.807, 2.05) is 6.07 Å². The van der Waals surface area contributed by atoms with Gasteiger partial charge in [-0.3, -0.25) is 4.68 Å². The normalized spacial score (nSPS) is 15.4. The second-order valence-corrected chi connectivity index (χ2v) is 3.53. The highest BCUT2D eigenvalue weighted by molar-refractivity contribution is 5.05. The van der Waals surface area contributed by atoms with Gasteiger partial charge in [0, 0.05) is 12.6 Å². The summed E-state index contributed by atoms with van der Waals surface area (Å²) in [4.78, 5) is 3.83.